The molecule has 0 spiro atoms. The van der Waals surface area contributed by atoms with Crippen LogP contribution in [0, 0.1) is 5.92 Å². The highest BCUT2D eigenvalue weighted by molar-refractivity contribution is 5.63. The molecule has 0 bridgehead atoms. The second-order valence-electron chi connectivity index (χ2n) is 5.52. The van der Waals surface area contributed by atoms with Gasteiger partial charge in [0.05, 0.1) is 0 Å². The summed E-state index contributed by atoms with van der Waals surface area (Å²) in [4.78, 5) is 0. The molecule has 100 valence electrons. The second-order valence-corrected chi connectivity index (χ2v) is 5.52. The predicted molar refractivity (Wildman–Crippen MR) is 83.2 cm³/mol. The van der Waals surface area contributed by atoms with Gasteiger partial charge < -0.3 is 5.32 Å². The Kier molecular flexibility index (Phi) is 4.75. The lowest BCUT2D eigenvalue weighted by Gasteiger charge is -2.07. The molecule has 0 unspecified atom stereocenters. The third-order valence-electron chi connectivity index (χ3n) is 3.27. The molecule has 0 amide bonds. The third kappa shape index (κ3) is 3.93. The minimum absolute atomic E-state index is 0.715. The number of nitrogens with one attached hydrogen (secondary N) is 1. The average molecular weight is 253 g/mol. The van der Waals surface area contributed by atoms with E-state index in [9.17, 15) is 0 Å². The van der Waals surface area contributed by atoms with Crippen molar-refractivity contribution < 1.29 is 0 Å². The van der Waals surface area contributed by atoms with Crippen molar-refractivity contribution in [3.8, 4) is 11.1 Å². The van der Waals surface area contributed by atoms with E-state index in [2.05, 4.69) is 67.7 Å². The van der Waals surface area contributed by atoms with E-state index in [4.69, 9.17) is 0 Å². The first-order valence-corrected chi connectivity index (χ1v) is 7.02. The van der Waals surface area contributed by atoms with Crippen LogP contribution in [-0.2, 0) is 13.0 Å². The van der Waals surface area contributed by atoms with Gasteiger partial charge in [0.15, 0.2) is 0 Å². The van der Waals surface area contributed by atoms with E-state index in [1.54, 1.807) is 0 Å². The van der Waals surface area contributed by atoms with E-state index in [0.29, 0.717) is 5.92 Å². The lowest BCUT2D eigenvalue weighted by Crippen LogP contribution is -2.04. The van der Waals surface area contributed by atoms with Crippen LogP contribution in [0.25, 0.3) is 11.1 Å². The molecule has 0 aliphatic carbocycles. The zero-order chi connectivity index (χ0) is 13.7. The molecule has 0 atom stereocenters. The Bertz CT molecular complexity index is 494. The highest BCUT2D eigenvalue weighted by atomic mass is 14.8. The maximum Gasteiger partial charge on any atom is 0.0202 e. The summed E-state index contributed by atoms with van der Waals surface area (Å²) in [6, 6.07) is 17.7. The lowest BCUT2D eigenvalue weighted by molar-refractivity contribution is 0.647. The zero-order valence-corrected chi connectivity index (χ0v) is 12.1. The average Bonchev–Trinajstić information content (AvgIpc) is 2.40. The van der Waals surface area contributed by atoms with Crippen molar-refractivity contribution in [2.75, 3.05) is 7.05 Å². The van der Waals surface area contributed by atoms with Gasteiger partial charge in [0.2, 0.25) is 0 Å². The van der Waals surface area contributed by atoms with Crippen molar-refractivity contribution in [1.29, 1.82) is 0 Å². The van der Waals surface area contributed by atoms with Crippen LogP contribution in [0.3, 0.4) is 0 Å². The molecule has 0 saturated carbocycles. The molecule has 1 N–H and O–H groups in total. The number of hydrogen-bond donors (Lipinski definition) is 1. The summed E-state index contributed by atoms with van der Waals surface area (Å²) < 4.78 is 0. The van der Waals surface area contributed by atoms with E-state index in [1.807, 2.05) is 7.05 Å². The molecule has 0 saturated heterocycles. The summed E-state index contributed by atoms with van der Waals surface area (Å²) in [7, 11) is 1.97. The minimum atomic E-state index is 0.715. The number of hydrogen-bond acceptors (Lipinski definition) is 1. The minimum Gasteiger partial charge on any atom is -0.316 e. The first-order valence-electron chi connectivity index (χ1n) is 7.02. The smallest absolute Gasteiger partial charge is 0.0202 e. The van der Waals surface area contributed by atoms with E-state index >= 15 is 0 Å². The molecular formula is C18H23N. The Hall–Kier alpha value is -1.60. The molecule has 0 fully saturated rings. The first-order chi connectivity index (χ1) is 9.19. The van der Waals surface area contributed by atoms with E-state index in [1.165, 1.54) is 22.3 Å². The predicted octanol–water partition coefficient (Wildman–Crippen LogP) is 4.27. The standard InChI is InChI=1S/C18H23N/c1-14(2)12-15-4-8-17(9-5-15)18-10-6-16(7-11-18)13-19-3/h4-11,14,19H,12-13H2,1-3H3. The van der Waals surface area contributed by atoms with Crippen LogP contribution in [0.1, 0.15) is 25.0 Å². The van der Waals surface area contributed by atoms with E-state index < -0.39 is 0 Å². The van der Waals surface area contributed by atoms with Gasteiger partial charge in [0, 0.05) is 6.54 Å². The van der Waals surface area contributed by atoms with Gasteiger partial charge in [-0.15, -0.1) is 0 Å². The quantitative estimate of drug-likeness (QED) is 0.839. The summed E-state index contributed by atoms with van der Waals surface area (Å²) in [6.07, 6.45) is 1.15. The molecule has 19 heavy (non-hydrogen) atoms. The molecule has 2 aromatic rings. The summed E-state index contributed by atoms with van der Waals surface area (Å²) in [5.74, 6) is 0.715. The SMILES string of the molecule is CNCc1ccc(-c2ccc(CC(C)C)cc2)cc1. The van der Waals surface area contributed by atoms with Crippen molar-refractivity contribution in [2.45, 2.75) is 26.8 Å². The monoisotopic (exact) mass is 253 g/mol. The van der Waals surface area contributed by atoms with E-state index in [-0.39, 0.29) is 0 Å². The van der Waals surface area contributed by atoms with Crippen LogP contribution in [0.2, 0.25) is 0 Å². The number of benzene rings is 2. The molecular weight excluding hydrogens is 230 g/mol. The Morgan fingerprint density at radius 3 is 1.68 bits per heavy atom. The zero-order valence-electron chi connectivity index (χ0n) is 12.1. The largest absolute Gasteiger partial charge is 0.316 e. The Labute approximate surface area is 116 Å². The summed E-state index contributed by atoms with van der Waals surface area (Å²) in [5, 5.41) is 3.17. The van der Waals surface area contributed by atoms with Crippen molar-refractivity contribution in [1.82, 2.24) is 5.32 Å². The Balaban J connectivity index is 2.13. The molecule has 0 aliphatic rings. The summed E-state index contributed by atoms with van der Waals surface area (Å²) >= 11 is 0. The van der Waals surface area contributed by atoms with Crippen molar-refractivity contribution in [3.63, 3.8) is 0 Å². The Morgan fingerprint density at radius 1 is 0.789 bits per heavy atom. The summed E-state index contributed by atoms with van der Waals surface area (Å²) in [5.41, 5.74) is 5.33. The van der Waals surface area contributed by atoms with Gasteiger partial charge in [-0.3, -0.25) is 0 Å². The molecule has 0 aliphatic heterocycles. The normalized spacial score (nSPS) is 10.9. The van der Waals surface area contributed by atoms with Crippen LogP contribution in [0.4, 0.5) is 0 Å². The molecule has 0 heterocycles. The Morgan fingerprint density at radius 2 is 1.26 bits per heavy atom. The van der Waals surface area contributed by atoms with Gasteiger partial charge in [-0.25, -0.2) is 0 Å². The van der Waals surface area contributed by atoms with Crippen molar-refractivity contribution in [2.24, 2.45) is 5.92 Å². The highest BCUT2D eigenvalue weighted by Crippen LogP contribution is 2.21. The van der Waals surface area contributed by atoms with Gasteiger partial charge in [0.1, 0.15) is 0 Å². The first kappa shape index (κ1) is 13.8. The highest BCUT2D eigenvalue weighted by Gasteiger charge is 2.00. The van der Waals surface area contributed by atoms with Crippen LogP contribution in [0.15, 0.2) is 48.5 Å². The molecule has 1 nitrogen and oxygen atoms in total. The van der Waals surface area contributed by atoms with Crippen LogP contribution < -0.4 is 5.32 Å². The fourth-order valence-corrected chi connectivity index (χ4v) is 2.32. The van der Waals surface area contributed by atoms with Crippen LogP contribution in [-0.4, -0.2) is 7.05 Å². The number of rotatable bonds is 5. The van der Waals surface area contributed by atoms with Crippen LogP contribution >= 0.6 is 0 Å². The maximum atomic E-state index is 3.17. The van der Waals surface area contributed by atoms with Gasteiger partial charge in [-0.05, 0) is 41.6 Å². The lowest BCUT2D eigenvalue weighted by atomic mass is 9.98. The van der Waals surface area contributed by atoms with Crippen molar-refractivity contribution >= 4 is 0 Å². The van der Waals surface area contributed by atoms with Gasteiger partial charge >= 0.3 is 0 Å². The second kappa shape index (κ2) is 6.53. The molecule has 2 rings (SSSR count). The fraction of sp³-hybridized carbons (Fsp3) is 0.333. The van der Waals surface area contributed by atoms with E-state index in [0.717, 1.165) is 13.0 Å². The van der Waals surface area contributed by atoms with Gasteiger partial charge in [0.25, 0.3) is 0 Å². The molecule has 1 heteroatoms. The van der Waals surface area contributed by atoms with Gasteiger partial charge in [-0.2, -0.15) is 0 Å². The maximum absolute atomic E-state index is 3.17. The van der Waals surface area contributed by atoms with Crippen molar-refractivity contribution in [3.05, 3.63) is 59.7 Å². The van der Waals surface area contributed by atoms with Crippen LogP contribution in [0.5, 0.6) is 0 Å². The fourth-order valence-electron chi connectivity index (χ4n) is 2.32. The van der Waals surface area contributed by atoms with Gasteiger partial charge in [-0.1, -0.05) is 62.4 Å². The topological polar surface area (TPSA) is 12.0 Å². The molecule has 0 radical (unpaired) electrons. The molecule has 0 aromatic heterocycles. The molecule has 2 aromatic carbocycles. The summed E-state index contributed by atoms with van der Waals surface area (Å²) in [6.45, 7) is 5.44. The third-order valence-corrected chi connectivity index (χ3v) is 3.27.